The van der Waals surface area contributed by atoms with Crippen LogP contribution in [0.1, 0.15) is 53.4 Å². The van der Waals surface area contributed by atoms with Crippen LogP contribution in [0.15, 0.2) is 0 Å². The van der Waals surface area contributed by atoms with E-state index in [1.54, 1.807) is 0 Å². The maximum absolute atomic E-state index is 11.8. The minimum absolute atomic E-state index is 0.171. The van der Waals surface area contributed by atoms with Crippen molar-refractivity contribution in [2.75, 3.05) is 19.7 Å². The van der Waals surface area contributed by atoms with E-state index >= 15 is 0 Å². The molecule has 21 heavy (non-hydrogen) atoms. The highest BCUT2D eigenvalue weighted by Gasteiger charge is 2.30. The maximum atomic E-state index is 11.8. The van der Waals surface area contributed by atoms with Gasteiger partial charge in [0.2, 0.25) is 0 Å². The molecule has 0 aromatic rings. The van der Waals surface area contributed by atoms with Crippen molar-refractivity contribution in [3.8, 4) is 0 Å². The van der Waals surface area contributed by atoms with E-state index < -0.39 is 6.10 Å². The molecule has 0 aromatic carbocycles. The molecule has 0 radical (unpaired) electrons. The summed E-state index contributed by atoms with van der Waals surface area (Å²) >= 11 is 0. The molecule has 0 aromatic heterocycles. The number of amides is 2. The SMILES string of the molecule is CC(C)C(O)C(C)(C)CNC(=O)NCCC1CCCCO1. The number of ether oxygens (including phenoxy) is 1. The fourth-order valence-electron chi connectivity index (χ4n) is 2.76. The quantitative estimate of drug-likeness (QED) is 0.675. The monoisotopic (exact) mass is 300 g/mol. The van der Waals surface area contributed by atoms with Gasteiger partial charge in [0.25, 0.3) is 0 Å². The van der Waals surface area contributed by atoms with Crippen molar-refractivity contribution in [3.05, 3.63) is 0 Å². The van der Waals surface area contributed by atoms with Gasteiger partial charge in [-0.15, -0.1) is 0 Å². The average Bonchev–Trinajstić information content (AvgIpc) is 2.45. The van der Waals surface area contributed by atoms with Crippen molar-refractivity contribution in [1.82, 2.24) is 10.6 Å². The van der Waals surface area contributed by atoms with Crippen molar-refractivity contribution in [2.24, 2.45) is 11.3 Å². The van der Waals surface area contributed by atoms with Crippen molar-refractivity contribution in [2.45, 2.75) is 65.6 Å². The van der Waals surface area contributed by atoms with E-state index in [2.05, 4.69) is 10.6 Å². The summed E-state index contributed by atoms with van der Waals surface area (Å²) in [6, 6.07) is -0.171. The van der Waals surface area contributed by atoms with Crippen LogP contribution < -0.4 is 10.6 Å². The summed E-state index contributed by atoms with van der Waals surface area (Å²) in [5.41, 5.74) is -0.335. The zero-order valence-corrected chi connectivity index (χ0v) is 13.9. The Morgan fingerprint density at radius 2 is 2.05 bits per heavy atom. The second kappa shape index (κ2) is 8.59. The van der Waals surface area contributed by atoms with Gasteiger partial charge >= 0.3 is 6.03 Å². The van der Waals surface area contributed by atoms with Crippen molar-refractivity contribution in [1.29, 1.82) is 0 Å². The highest BCUT2D eigenvalue weighted by atomic mass is 16.5. The summed E-state index contributed by atoms with van der Waals surface area (Å²) in [6.07, 6.45) is 4.18. The summed E-state index contributed by atoms with van der Waals surface area (Å²) < 4.78 is 5.63. The Hall–Kier alpha value is -0.810. The lowest BCUT2D eigenvalue weighted by molar-refractivity contribution is 0.0115. The molecule has 5 nitrogen and oxygen atoms in total. The van der Waals surface area contributed by atoms with Crippen LogP contribution in [0.3, 0.4) is 0 Å². The van der Waals surface area contributed by atoms with Gasteiger partial charge in [-0.2, -0.15) is 0 Å². The van der Waals surface area contributed by atoms with Crippen LogP contribution >= 0.6 is 0 Å². The van der Waals surface area contributed by atoms with Crippen molar-refractivity contribution >= 4 is 6.03 Å². The maximum Gasteiger partial charge on any atom is 0.314 e. The molecule has 1 aliphatic rings. The molecule has 0 saturated carbocycles. The number of aliphatic hydroxyl groups excluding tert-OH is 1. The Balaban J connectivity index is 2.18. The van der Waals surface area contributed by atoms with Crippen LogP contribution in [-0.4, -0.2) is 43.0 Å². The Kier molecular flexibility index (Phi) is 7.46. The predicted molar refractivity (Wildman–Crippen MR) is 84.2 cm³/mol. The number of nitrogens with one attached hydrogen (secondary N) is 2. The van der Waals surface area contributed by atoms with Crippen LogP contribution in [0, 0.1) is 11.3 Å². The van der Waals surface area contributed by atoms with Gasteiger partial charge < -0.3 is 20.5 Å². The first kappa shape index (κ1) is 18.2. The van der Waals surface area contributed by atoms with Gasteiger partial charge in [-0.25, -0.2) is 4.79 Å². The molecule has 2 amide bonds. The van der Waals surface area contributed by atoms with Gasteiger partial charge in [0.05, 0.1) is 12.2 Å². The molecule has 1 saturated heterocycles. The number of carbonyl (C=O) groups is 1. The summed E-state index contributed by atoms with van der Waals surface area (Å²) in [4.78, 5) is 11.8. The minimum atomic E-state index is -0.437. The smallest absolute Gasteiger partial charge is 0.314 e. The van der Waals surface area contributed by atoms with Crippen LogP contribution in [-0.2, 0) is 4.74 Å². The Morgan fingerprint density at radius 3 is 2.62 bits per heavy atom. The lowest BCUT2D eigenvalue weighted by Gasteiger charge is -2.33. The van der Waals surface area contributed by atoms with Crippen molar-refractivity contribution < 1.29 is 14.6 Å². The highest BCUT2D eigenvalue weighted by Crippen LogP contribution is 2.24. The molecule has 0 bridgehead atoms. The predicted octanol–water partition coefficient (Wildman–Crippen LogP) is 2.29. The molecule has 0 spiro atoms. The second-order valence-electron chi connectivity index (χ2n) is 7.06. The van der Waals surface area contributed by atoms with E-state index in [0.29, 0.717) is 19.2 Å². The van der Waals surface area contributed by atoms with Gasteiger partial charge in [0.1, 0.15) is 0 Å². The largest absolute Gasteiger partial charge is 0.392 e. The lowest BCUT2D eigenvalue weighted by Crippen LogP contribution is -2.46. The Morgan fingerprint density at radius 1 is 1.33 bits per heavy atom. The number of urea groups is 1. The molecular formula is C16H32N2O3. The van der Waals surface area contributed by atoms with Crippen LogP contribution in [0.2, 0.25) is 0 Å². The molecule has 1 aliphatic heterocycles. The normalized spacial score (nSPS) is 21.1. The summed E-state index contributed by atoms with van der Waals surface area (Å²) in [5.74, 6) is 0.174. The van der Waals surface area contributed by atoms with Crippen LogP contribution in [0.4, 0.5) is 4.79 Å². The van der Waals surface area contributed by atoms with E-state index in [-0.39, 0.29) is 17.4 Å². The Labute approximate surface area is 128 Å². The first-order valence-electron chi connectivity index (χ1n) is 8.14. The summed E-state index contributed by atoms with van der Waals surface area (Å²) in [7, 11) is 0. The fraction of sp³-hybridized carbons (Fsp3) is 0.938. The number of hydrogen-bond acceptors (Lipinski definition) is 3. The van der Waals surface area contributed by atoms with Gasteiger partial charge in [0.15, 0.2) is 0 Å². The van der Waals surface area contributed by atoms with Crippen LogP contribution in [0.25, 0.3) is 0 Å². The van der Waals surface area contributed by atoms with Crippen molar-refractivity contribution in [3.63, 3.8) is 0 Å². The number of hydrogen-bond donors (Lipinski definition) is 3. The molecular weight excluding hydrogens is 268 g/mol. The standard InChI is InChI=1S/C16H32N2O3/c1-12(2)14(19)16(3,4)11-18-15(20)17-9-8-13-7-5-6-10-21-13/h12-14,19H,5-11H2,1-4H3,(H2,17,18,20). The zero-order valence-electron chi connectivity index (χ0n) is 13.9. The summed E-state index contributed by atoms with van der Waals surface area (Å²) in [5, 5.41) is 15.8. The lowest BCUT2D eigenvalue weighted by atomic mass is 9.81. The van der Waals surface area contributed by atoms with Gasteiger partial charge in [-0.3, -0.25) is 0 Å². The molecule has 2 unspecified atom stereocenters. The molecule has 124 valence electrons. The van der Waals surface area contributed by atoms with Gasteiger partial charge in [-0.1, -0.05) is 27.7 Å². The third kappa shape index (κ3) is 6.66. The second-order valence-corrected chi connectivity index (χ2v) is 7.06. The van der Waals surface area contributed by atoms with E-state index in [0.717, 1.165) is 25.9 Å². The summed E-state index contributed by atoms with van der Waals surface area (Å²) in [6.45, 7) is 9.83. The molecule has 5 heteroatoms. The highest BCUT2D eigenvalue weighted by molar-refractivity contribution is 5.73. The first-order valence-corrected chi connectivity index (χ1v) is 8.14. The molecule has 2 atom stereocenters. The molecule has 3 N–H and O–H groups in total. The van der Waals surface area contributed by atoms with E-state index in [9.17, 15) is 9.90 Å². The van der Waals surface area contributed by atoms with Gasteiger partial charge in [-0.05, 0) is 31.6 Å². The molecule has 0 aliphatic carbocycles. The Bertz CT molecular complexity index is 313. The molecule has 1 rings (SSSR count). The number of carbonyl (C=O) groups excluding carboxylic acids is 1. The van der Waals surface area contributed by atoms with Crippen LogP contribution in [0.5, 0.6) is 0 Å². The zero-order chi connectivity index (χ0) is 15.9. The molecule has 1 heterocycles. The van der Waals surface area contributed by atoms with E-state index in [4.69, 9.17) is 4.74 Å². The third-order valence-electron chi connectivity index (χ3n) is 4.16. The number of aliphatic hydroxyl groups is 1. The number of rotatable bonds is 7. The third-order valence-corrected chi connectivity index (χ3v) is 4.16. The minimum Gasteiger partial charge on any atom is -0.392 e. The fourth-order valence-corrected chi connectivity index (χ4v) is 2.76. The van der Waals surface area contributed by atoms with E-state index in [1.807, 2.05) is 27.7 Å². The average molecular weight is 300 g/mol. The molecule has 1 fully saturated rings. The first-order chi connectivity index (χ1) is 9.83. The topological polar surface area (TPSA) is 70.6 Å². The van der Waals surface area contributed by atoms with E-state index in [1.165, 1.54) is 6.42 Å². The van der Waals surface area contributed by atoms with Gasteiger partial charge in [0, 0.05) is 25.1 Å².